The molecule has 0 saturated carbocycles. The Bertz CT molecular complexity index is 582. The van der Waals surface area contributed by atoms with Crippen molar-refractivity contribution >= 4 is 22.9 Å². The molecule has 2 aromatic rings. The van der Waals surface area contributed by atoms with Crippen LogP contribution < -0.4 is 11.1 Å². The number of hydrogen-bond donors (Lipinski definition) is 2. The first-order valence-corrected chi connectivity index (χ1v) is 6.18. The van der Waals surface area contributed by atoms with Crippen molar-refractivity contribution in [2.24, 2.45) is 5.73 Å². The third kappa shape index (κ3) is 2.84. The summed E-state index contributed by atoms with van der Waals surface area (Å²) in [6.45, 7) is 2.31. The van der Waals surface area contributed by atoms with Crippen molar-refractivity contribution in [1.82, 2.24) is 4.98 Å². The van der Waals surface area contributed by atoms with Gasteiger partial charge in [-0.2, -0.15) is 0 Å². The molecule has 3 N–H and O–H groups in total. The molecule has 1 heterocycles. The standard InChI is InChI=1S/C12H12FN3OS/c1-7-16-9(6-18-7)5-15-11-4-8(12(14)17)2-3-10(11)13/h2-4,6,15H,5H2,1H3,(H2,14,17). The third-order valence-electron chi connectivity index (χ3n) is 2.38. The van der Waals surface area contributed by atoms with E-state index in [0.717, 1.165) is 10.7 Å². The van der Waals surface area contributed by atoms with E-state index in [-0.39, 0.29) is 11.3 Å². The zero-order valence-corrected chi connectivity index (χ0v) is 10.6. The fourth-order valence-corrected chi connectivity index (χ4v) is 2.10. The summed E-state index contributed by atoms with van der Waals surface area (Å²) < 4.78 is 13.5. The van der Waals surface area contributed by atoms with Crippen molar-refractivity contribution in [3.63, 3.8) is 0 Å². The molecule has 1 aromatic heterocycles. The minimum Gasteiger partial charge on any atom is -0.377 e. The predicted molar refractivity (Wildman–Crippen MR) is 69.1 cm³/mol. The van der Waals surface area contributed by atoms with Crippen molar-refractivity contribution in [3.8, 4) is 0 Å². The van der Waals surface area contributed by atoms with Gasteiger partial charge in [-0.05, 0) is 25.1 Å². The Morgan fingerprint density at radius 3 is 2.94 bits per heavy atom. The van der Waals surface area contributed by atoms with Gasteiger partial charge >= 0.3 is 0 Å². The Hall–Kier alpha value is -1.95. The van der Waals surface area contributed by atoms with Crippen LogP contribution in [0.15, 0.2) is 23.6 Å². The number of rotatable bonds is 4. The molecule has 4 nitrogen and oxygen atoms in total. The number of carbonyl (C=O) groups is 1. The van der Waals surface area contributed by atoms with Crippen molar-refractivity contribution in [2.75, 3.05) is 5.32 Å². The van der Waals surface area contributed by atoms with Gasteiger partial charge < -0.3 is 11.1 Å². The highest BCUT2D eigenvalue weighted by atomic mass is 32.1. The second-order valence-electron chi connectivity index (χ2n) is 3.77. The largest absolute Gasteiger partial charge is 0.377 e. The van der Waals surface area contributed by atoms with Crippen LogP contribution >= 0.6 is 11.3 Å². The van der Waals surface area contributed by atoms with Crippen molar-refractivity contribution < 1.29 is 9.18 Å². The van der Waals surface area contributed by atoms with Crippen LogP contribution in [0.3, 0.4) is 0 Å². The van der Waals surface area contributed by atoms with Gasteiger partial charge in [-0.25, -0.2) is 9.37 Å². The van der Waals surface area contributed by atoms with Crippen molar-refractivity contribution in [3.05, 3.63) is 45.7 Å². The molecule has 0 radical (unpaired) electrons. The number of aryl methyl sites for hydroxylation is 1. The van der Waals surface area contributed by atoms with Gasteiger partial charge in [0, 0.05) is 10.9 Å². The zero-order valence-electron chi connectivity index (χ0n) is 9.74. The van der Waals surface area contributed by atoms with Gasteiger partial charge in [-0.3, -0.25) is 4.79 Å². The first-order chi connectivity index (χ1) is 8.56. The molecular formula is C12H12FN3OS. The molecule has 2 rings (SSSR count). The topological polar surface area (TPSA) is 68.0 Å². The van der Waals surface area contributed by atoms with Crippen LogP contribution in [0.25, 0.3) is 0 Å². The molecule has 0 spiro atoms. The highest BCUT2D eigenvalue weighted by Gasteiger charge is 2.07. The molecule has 0 aliphatic heterocycles. The van der Waals surface area contributed by atoms with Crippen molar-refractivity contribution in [2.45, 2.75) is 13.5 Å². The summed E-state index contributed by atoms with van der Waals surface area (Å²) in [5, 5.41) is 5.76. The van der Waals surface area contributed by atoms with Gasteiger partial charge in [0.1, 0.15) is 5.82 Å². The number of thiazole rings is 1. The normalized spacial score (nSPS) is 10.3. The Morgan fingerprint density at radius 2 is 2.33 bits per heavy atom. The van der Waals surface area contributed by atoms with E-state index in [2.05, 4.69) is 10.3 Å². The molecule has 1 aromatic carbocycles. The first kappa shape index (κ1) is 12.5. The fourth-order valence-electron chi connectivity index (χ4n) is 1.49. The number of anilines is 1. The SMILES string of the molecule is Cc1nc(CNc2cc(C(N)=O)ccc2F)cs1. The Balaban J connectivity index is 2.13. The van der Waals surface area contributed by atoms with Gasteiger partial charge in [0.2, 0.25) is 5.91 Å². The van der Waals surface area contributed by atoms with Crippen LogP contribution in [0.2, 0.25) is 0 Å². The van der Waals surface area contributed by atoms with E-state index in [1.165, 1.54) is 29.5 Å². The first-order valence-electron chi connectivity index (χ1n) is 5.30. The number of benzene rings is 1. The number of nitrogens with zero attached hydrogens (tertiary/aromatic N) is 1. The molecule has 18 heavy (non-hydrogen) atoms. The van der Waals surface area contributed by atoms with Crippen LogP contribution in [0.5, 0.6) is 0 Å². The number of hydrogen-bond acceptors (Lipinski definition) is 4. The maximum atomic E-state index is 13.5. The Kier molecular flexibility index (Phi) is 3.57. The number of amides is 1. The fraction of sp³-hybridized carbons (Fsp3) is 0.167. The molecule has 6 heteroatoms. The average molecular weight is 265 g/mol. The third-order valence-corrected chi connectivity index (χ3v) is 3.20. The van der Waals surface area contributed by atoms with Crippen LogP contribution in [0, 0.1) is 12.7 Å². The van der Waals surface area contributed by atoms with Gasteiger partial charge in [-0.15, -0.1) is 11.3 Å². The minimum atomic E-state index is -0.581. The molecular weight excluding hydrogens is 253 g/mol. The zero-order chi connectivity index (χ0) is 13.1. The maximum Gasteiger partial charge on any atom is 0.248 e. The summed E-state index contributed by atoms with van der Waals surface area (Å²) >= 11 is 1.53. The summed E-state index contributed by atoms with van der Waals surface area (Å²) in [6, 6.07) is 3.97. The summed E-state index contributed by atoms with van der Waals surface area (Å²) in [4.78, 5) is 15.3. The molecule has 0 saturated heterocycles. The molecule has 0 unspecified atom stereocenters. The number of nitrogens with one attached hydrogen (secondary N) is 1. The van der Waals surface area contributed by atoms with E-state index in [4.69, 9.17) is 5.73 Å². The smallest absolute Gasteiger partial charge is 0.248 e. The quantitative estimate of drug-likeness (QED) is 0.891. The van der Waals surface area contributed by atoms with E-state index in [1.54, 1.807) is 0 Å². The van der Waals surface area contributed by atoms with Crippen molar-refractivity contribution in [1.29, 1.82) is 0 Å². The molecule has 0 bridgehead atoms. The number of carbonyl (C=O) groups excluding carboxylic acids is 1. The molecule has 0 aliphatic carbocycles. The number of halogens is 1. The van der Waals surface area contributed by atoms with Gasteiger partial charge in [-0.1, -0.05) is 0 Å². The van der Waals surface area contributed by atoms with E-state index >= 15 is 0 Å². The van der Waals surface area contributed by atoms with Crippen LogP contribution in [-0.4, -0.2) is 10.9 Å². The molecule has 94 valence electrons. The van der Waals surface area contributed by atoms with Gasteiger partial charge in [0.05, 0.1) is 22.9 Å². The second-order valence-corrected chi connectivity index (χ2v) is 4.83. The number of aromatic nitrogens is 1. The molecule has 0 aliphatic rings. The van der Waals surface area contributed by atoms with E-state index in [0.29, 0.717) is 6.54 Å². The Morgan fingerprint density at radius 1 is 1.56 bits per heavy atom. The van der Waals surface area contributed by atoms with E-state index < -0.39 is 11.7 Å². The van der Waals surface area contributed by atoms with E-state index in [9.17, 15) is 9.18 Å². The molecule has 1 amide bonds. The highest BCUT2D eigenvalue weighted by molar-refractivity contribution is 7.09. The summed E-state index contributed by atoms with van der Waals surface area (Å²) in [5.74, 6) is -1.01. The monoisotopic (exact) mass is 265 g/mol. The average Bonchev–Trinajstić information content (AvgIpc) is 2.74. The maximum absolute atomic E-state index is 13.5. The summed E-state index contributed by atoms with van der Waals surface area (Å²) in [5.41, 5.74) is 6.50. The van der Waals surface area contributed by atoms with Gasteiger partial charge in [0.15, 0.2) is 0 Å². The number of nitrogens with two attached hydrogens (primary N) is 1. The molecule has 0 atom stereocenters. The Labute approximate surface area is 108 Å². The predicted octanol–water partition coefficient (Wildman–Crippen LogP) is 2.30. The number of primary amides is 1. The van der Waals surface area contributed by atoms with Crippen LogP contribution in [0.1, 0.15) is 21.1 Å². The lowest BCUT2D eigenvalue weighted by molar-refractivity contribution is 0.100. The van der Waals surface area contributed by atoms with E-state index in [1.807, 2.05) is 12.3 Å². The van der Waals surface area contributed by atoms with Crippen LogP contribution in [0.4, 0.5) is 10.1 Å². The molecule has 0 fully saturated rings. The van der Waals surface area contributed by atoms with Crippen LogP contribution in [-0.2, 0) is 6.54 Å². The summed E-state index contributed by atoms with van der Waals surface area (Å²) in [6.07, 6.45) is 0. The lowest BCUT2D eigenvalue weighted by Crippen LogP contribution is -2.12. The lowest BCUT2D eigenvalue weighted by Gasteiger charge is -2.07. The van der Waals surface area contributed by atoms with Gasteiger partial charge in [0.25, 0.3) is 0 Å². The highest BCUT2D eigenvalue weighted by Crippen LogP contribution is 2.17. The lowest BCUT2D eigenvalue weighted by atomic mass is 10.2. The second kappa shape index (κ2) is 5.14. The summed E-state index contributed by atoms with van der Waals surface area (Å²) in [7, 11) is 0. The minimum absolute atomic E-state index is 0.247.